The SMILES string of the molecule is O=C1CCC(N2Cc3cc(C4(O)CCN(Cc5ccc(N6CCC(c7cnc(C8CC8)nc7)CC6)cc5)CC4)ccc3C2=O)C(=O)N1. The molecule has 10 nitrogen and oxygen atoms in total. The van der Waals surface area contributed by atoms with Crippen molar-refractivity contribution in [3.8, 4) is 0 Å². The number of carbonyl (C=O) groups is 3. The Balaban J connectivity index is 0.833. The van der Waals surface area contributed by atoms with E-state index in [1.165, 1.54) is 29.7 Å². The van der Waals surface area contributed by atoms with Crippen molar-refractivity contribution in [2.45, 2.75) is 87.9 Å². The van der Waals surface area contributed by atoms with E-state index < -0.39 is 17.6 Å². The van der Waals surface area contributed by atoms with Gasteiger partial charge in [-0.05, 0) is 91.3 Å². The predicted octanol–water partition coefficient (Wildman–Crippen LogP) is 3.98. The lowest BCUT2D eigenvalue weighted by Gasteiger charge is -2.39. The van der Waals surface area contributed by atoms with E-state index in [1.807, 2.05) is 12.1 Å². The maximum atomic E-state index is 13.1. The molecule has 0 bridgehead atoms. The molecule has 1 aromatic heterocycles. The number of amides is 3. The van der Waals surface area contributed by atoms with Gasteiger partial charge in [0.25, 0.3) is 5.91 Å². The first-order valence-corrected chi connectivity index (χ1v) is 17.2. The molecule has 3 saturated heterocycles. The number of likely N-dealkylation sites (tertiary alicyclic amines) is 1. The molecule has 2 N–H and O–H groups in total. The summed E-state index contributed by atoms with van der Waals surface area (Å²) in [6.07, 6.45) is 10.6. The lowest BCUT2D eigenvalue weighted by atomic mass is 9.83. The summed E-state index contributed by atoms with van der Waals surface area (Å²) in [7, 11) is 0. The monoisotopic (exact) mass is 634 g/mol. The van der Waals surface area contributed by atoms with E-state index in [2.05, 4.69) is 61.7 Å². The van der Waals surface area contributed by atoms with Gasteiger partial charge in [0.1, 0.15) is 11.9 Å². The zero-order valence-corrected chi connectivity index (χ0v) is 26.7. The lowest BCUT2D eigenvalue weighted by molar-refractivity contribution is -0.136. The Kier molecular flexibility index (Phi) is 7.80. The van der Waals surface area contributed by atoms with E-state index in [0.29, 0.717) is 43.2 Å². The fourth-order valence-corrected chi connectivity index (χ4v) is 7.89. The van der Waals surface area contributed by atoms with Crippen molar-refractivity contribution in [1.29, 1.82) is 0 Å². The molecule has 1 unspecified atom stereocenters. The molecule has 5 heterocycles. The van der Waals surface area contributed by atoms with Crippen molar-refractivity contribution < 1.29 is 19.5 Å². The third kappa shape index (κ3) is 6.05. The Labute approximate surface area is 275 Å². The highest BCUT2D eigenvalue weighted by molar-refractivity contribution is 6.05. The van der Waals surface area contributed by atoms with E-state index in [-0.39, 0.29) is 18.2 Å². The molecule has 10 heteroatoms. The molecule has 1 saturated carbocycles. The highest BCUT2D eigenvalue weighted by atomic mass is 16.3. The number of aromatic nitrogens is 2. The number of nitrogens with one attached hydrogen (secondary N) is 1. The number of piperidine rings is 3. The van der Waals surface area contributed by atoms with Gasteiger partial charge < -0.3 is 14.9 Å². The van der Waals surface area contributed by atoms with Crippen LogP contribution in [0.3, 0.4) is 0 Å². The summed E-state index contributed by atoms with van der Waals surface area (Å²) in [6.45, 7) is 4.77. The van der Waals surface area contributed by atoms with Crippen molar-refractivity contribution in [2.75, 3.05) is 31.1 Å². The summed E-state index contributed by atoms with van der Waals surface area (Å²) in [6, 6.07) is 13.9. The Morgan fingerprint density at radius 2 is 1.57 bits per heavy atom. The highest BCUT2D eigenvalue weighted by Crippen LogP contribution is 2.39. The number of rotatable bonds is 7. The molecule has 47 heavy (non-hydrogen) atoms. The number of benzene rings is 2. The van der Waals surface area contributed by atoms with Crippen LogP contribution in [0.15, 0.2) is 54.9 Å². The number of carbonyl (C=O) groups excluding carboxylic acids is 3. The van der Waals surface area contributed by atoms with Crippen LogP contribution in [0.2, 0.25) is 0 Å². The summed E-state index contributed by atoms with van der Waals surface area (Å²) in [5.74, 6) is 1.25. The maximum Gasteiger partial charge on any atom is 0.255 e. The smallest absolute Gasteiger partial charge is 0.255 e. The largest absolute Gasteiger partial charge is 0.385 e. The first kappa shape index (κ1) is 30.2. The molecule has 5 aliphatic rings. The minimum atomic E-state index is -0.960. The van der Waals surface area contributed by atoms with Crippen molar-refractivity contribution >= 4 is 23.4 Å². The Morgan fingerprint density at radius 3 is 2.26 bits per heavy atom. The van der Waals surface area contributed by atoms with Crippen molar-refractivity contribution in [3.05, 3.63) is 88.5 Å². The molecule has 3 amide bonds. The van der Waals surface area contributed by atoms with Crippen LogP contribution in [0.1, 0.15) is 102 Å². The zero-order chi connectivity index (χ0) is 32.1. The zero-order valence-electron chi connectivity index (χ0n) is 26.7. The second-order valence-corrected chi connectivity index (χ2v) is 14.2. The van der Waals surface area contributed by atoms with Gasteiger partial charge in [0, 0.05) is 75.3 Å². The lowest BCUT2D eigenvalue weighted by Crippen LogP contribution is -2.52. The minimum absolute atomic E-state index is 0.192. The van der Waals surface area contributed by atoms with E-state index in [9.17, 15) is 19.5 Å². The van der Waals surface area contributed by atoms with E-state index >= 15 is 0 Å². The van der Waals surface area contributed by atoms with Crippen LogP contribution in [-0.2, 0) is 28.3 Å². The van der Waals surface area contributed by atoms with Crippen LogP contribution in [0.4, 0.5) is 5.69 Å². The summed E-state index contributed by atoms with van der Waals surface area (Å²) < 4.78 is 0. The molecule has 8 rings (SSSR count). The number of fused-ring (bicyclic) bond motifs is 1. The number of hydrogen-bond acceptors (Lipinski definition) is 8. The number of imide groups is 1. The summed E-state index contributed by atoms with van der Waals surface area (Å²) >= 11 is 0. The Hall–Kier alpha value is -4.15. The summed E-state index contributed by atoms with van der Waals surface area (Å²) in [4.78, 5) is 52.8. The van der Waals surface area contributed by atoms with Gasteiger partial charge in [-0.3, -0.25) is 24.6 Å². The van der Waals surface area contributed by atoms with Crippen molar-refractivity contribution in [1.82, 2.24) is 25.1 Å². The van der Waals surface area contributed by atoms with Crippen molar-refractivity contribution in [2.24, 2.45) is 0 Å². The molecule has 3 aromatic rings. The van der Waals surface area contributed by atoms with Gasteiger partial charge in [-0.1, -0.05) is 24.3 Å². The Bertz CT molecular complexity index is 1670. The summed E-state index contributed by atoms with van der Waals surface area (Å²) in [5, 5.41) is 14.0. The van der Waals surface area contributed by atoms with Gasteiger partial charge in [0.2, 0.25) is 11.8 Å². The first-order chi connectivity index (χ1) is 22.8. The number of hydrogen-bond donors (Lipinski definition) is 2. The van der Waals surface area contributed by atoms with Gasteiger partial charge in [0.15, 0.2) is 0 Å². The quantitative estimate of drug-likeness (QED) is 0.375. The first-order valence-electron chi connectivity index (χ1n) is 17.2. The van der Waals surface area contributed by atoms with Gasteiger partial charge >= 0.3 is 0 Å². The molecule has 4 aliphatic heterocycles. The molecule has 1 aliphatic carbocycles. The number of nitrogens with zero attached hydrogens (tertiary/aromatic N) is 5. The summed E-state index contributed by atoms with van der Waals surface area (Å²) in [5.41, 5.74) is 5.08. The Morgan fingerprint density at radius 1 is 0.851 bits per heavy atom. The van der Waals surface area contributed by atoms with Crippen LogP contribution >= 0.6 is 0 Å². The predicted molar refractivity (Wildman–Crippen MR) is 176 cm³/mol. The van der Waals surface area contributed by atoms with Gasteiger partial charge in [-0.25, -0.2) is 9.97 Å². The normalized spacial score (nSPS) is 23.6. The van der Waals surface area contributed by atoms with Crippen LogP contribution in [-0.4, -0.2) is 74.8 Å². The van der Waals surface area contributed by atoms with E-state index in [1.54, 1.807) is 11.0 Å². The van der Waals surface area contributed by atoms with Gasteiger partial charge in [0.05, 0.1) is 5.60 Å². The number of anilines is 1. The highest BCUT2D eigenvalue weighted by Gasteiger charge is 2.41. The average Bonchev–Trinajstić information content (AvgIpc) is 3.90. The second-order valence-electron chi connectivity index (χ2n) is 14.2. The molecule has 0 spiro atoms. The van der Waals surface area contributed by atoms with Crippen LogP contribution in [0.5, 0.6) is 0 Å². The molecule has 244 valence electrons. The average molecular weight is 635 g/mol. The molecular weight excluding hydrogens is 592 g/mol. The van der Waals surface area contributed by atoms with Gasteiger partial charge in [-0.15, -0.1) is 0 Å². The second kappa shape index (κ2) is 12.1. The van der Waals surface area contributed by atoms with Crippen molar-refractivity contribution in [3.63, 3.8) is 0 Å². The third-order valence-electron chi connectivity index (χ3n) is 11.1. The van der Waals surface area contributed by atoms with E-state index in [4.69, 9.17) is 0 Å². The molecule has 4 fully saturated rings. The third-order valence-corrected chi connectivity index (χ3v) is 11.1. The standard InChI is InChI=1S/C37H42N6O4/c44-33-10-9-32(35(45)40-33)43-23-27-19-29(5-8-31(27)36(43)46)37(47)13-17-41(18-14-37)22-24-1-6-30(7-2-24)42-15-11-25(12-16-42)28-20-38-34(39-21-28)26-3-4-26/h1-2,5-8,19-21,25-26,32,47H,3-4,9-18,22-23H2,(H,40,44,45). The van der Waals surface area contributed by atoms with Crippen LogP contribution in [0.25, 0.3) is 0 Å². The van der Waals surface area contributed by atoms with Crippen LogP contribution in [0, 0.1) is 0 Å². The molecule has 0 radical (unpaired) electrons. The molecular formula is C37H42N6O4. The fourth-order valence-electron chi connectivity index (χ4n) is 7.89. The fraction of sp³-hybridized carbons (Fsp3) is 0.486. The van der Waals surface area contributed by atoms with E-state index in [0.717, 1.165) is 62.5 Å². The topological polar surface area (TPSA) is 119 Å². The number of aliphatic hydroxyl groups is 1. The van der Waals surface area contributed by atoms with Gasteiger partial charge in [-0.2, -0.15) is 0 Å². The minimum Gasteiger partial charge on any atom is -0.385 e. The molecule has 1 atom stereocenters. The van der Waals surface area contributed by atoms with Crippen LogP contribution < -0.4 is 10.2 Å². The molecule has 2 aromatic carbocycles. The maximum absolute atomic E-state index is 13.1.